The third-order valence-electron chi connectivity index (χ3n) is 2.35. The van der Waals surface area contributed by atoms with Crippen molar-refractivity contribution < 1.29 is 9.53 Å². The summed E-state index contributed by atoms with van der Waals surface area (Å²) in [5.41, 5.74) is 0.677. The highest BCUT2D eigenvalue weighted by Crippen LogP contribution is 2.12. The van der Waals surface area contributed by atoms with E-state index in [2.05, 4.69) is 21.2 Å². The minimum Gasteiger partial charge on any atom is -0.379 e. The highest BCUT2D eigenvalue weighted by molar-refractivity contribution is 9.10. The van der Waals surface area contributed by atoms with Gasteiger partial charge in [0.1, 0.15) is 0 Å². The number of nitrogens with one attached hydrogen (secondary N) is 1. The Balaban J connectivity index is 2.01. The Labute approximate surface area is 96.9 Å². The molecule has 1 aromatic carbocycles. The Bertz CT molecular complexity index is 361. The maximum Gasteiger partial charge on any atom is 0.251 e. The average molecular weight is 270 g/mol. The molecule has 80 valence electrons. The molecule has 0 radical (unpaired) electrons. The monoisotopic (exact) mass is 269 g/mol. The van der Waals surface area contributed by atoms with E-state index < -0.39 is 0 Å². The van der Waals surface area contributed by atoms with Crippen LogP contribution in [0.4, 0.5) is 0 Å². The van der Waals surface area contributed by atoms with Crippen LogP contribution >= 0.6 is 15.9 Å². The molecule has 1 heterocycles. The number of hydrogen-bond donors (Lipinski definition) is 1. The molecule has 0 bridgehead atoms. The van der Waals surface area contributed by atoms with Gasteiger partial charge >= 0.3 is 0 Å². The van der Waals surface area contributed by atoms with E-state index in [9.17, 15) is 4.79 Å². The Kier molecular flexibility index (Phi) is 3.38. The summed E-state index contributed by atoms with van der Waals surface area (Å²) in [6, 6.07) is 7.53. The van der Waals surface area contributed by atoms with Crippen LogP contribution in [0.15, 0.2) is 28.7 Å². The van der Waals surface area contributed by atoms with Crippen LogP contribution in [-0.4, -0.2) is 25.2 Å². The van der Waals surface area contributed by atoms with Crippen molar-refractivity contribution in [2.75, 3.05) is 13.2 Å². The zero-order chi connectivity index (χ0) is 10.7. The summed E-state index contributed by atoms with van der Waals surface area (Å²) in [6.45, 7) is 1.36. The number of carbonyl (C=O) groups excluding carboxylic acids is 1. The molecule has 15 heavy (non-hydrogen) atoms. The van der Waals surface area contributed by atoms with Gasteiger partial charge in [0.05, 0.1) is 12.6 Å². The zero-order valence-electron chi connectivity index (χ0n) is 8.20. The summed E-state index contributed by atoms with van der Waals surface area (Å²) >= 11 is 3.34. The van der Waals surface area contributed by atoms with Gasteiger partial charge in [-0.2, -0.15) is 0 Å². The van der Waals surface area contributed by atoms with E-state index in [1.54, 1.807) is 6.07 Å². The first-order valence-electron chi connectivity index (χ1n) is 4.90. The van der Waals surface area contributed by atoms with Gasteiger partial charge in [0.25, 0.3) is 5.91 Å². The molecule has 0 aromatic heterocycles. The molecule has 1 aliphatic heterocycles. The second kappa shape index (κ2) is 4.77. The van der Waals surface area contributed by atoms with E-state index in [4.69, 9.17) is 4.74 Å². The molecule has 4 heteroatoms. The molecule has 3 nitrogen and oxygen atoms in total. The molecule has 1 aromatic rings. The number of halogens is 1. The van der Waals surface area contributed by atoms with E-state index in [0.29, 0.717) is 12.2 Å². The lowest BCUT2D eigenvalue weighted by Crippen LogP contribution is -2.34. The van der Waals surface area contributed by atoms with Crippen LogP contribution in [0.25, 0.3) is 0 Å². The molecule has 0 saturated carbocycles. The van der Waals surface area contributed by atoms with E-state index in [1.165, 1.54) is 0 Å². The molecule has 0 spiro atoms. The third-order valence-corrected chi connectivity index (χ3v) is 2.84. The highest BCUT2D eigenvalue weighted by Gasteiger charge is 2.18. The van der Waals surface area contributed by atoms with Crippen molar-refractivity contribution in [3.8, 4) is 0 Å². The van der Waals surface area contributed by atoms with Crippen molar-refractivity contribution in [3.63, 3.8) is 0 Å². The third kappa shape index (κ3) is 2.79. The normalized spacial score (nSPS) is 20.2. The van der Waals surface area contributed by atoms with Crippen LogP contribution in [0.5, 0.6) is 0 Å². The van der Waals surface area contributed by atoms with Crippen molar-refractivity contribution in [1.29, 1.82) is 0 Å². The number of carbonyl (C=O) groups is 1. The predicted molar refractivity (Wildman–Crippen MR) is 60.8 cm³/mol. The van der Waals surface area contributed by atoms with Crippen LogP contribution in [0.2, 0.25) is 0 Å². The average Bonchev–Trinajstić information content (AvgIpc) is 2.70. The minimum atomic E-state index is -0.0354. The van der Waals surface area contributed by atoms with Gasteiger partial charge in [0, 0.05) is 16.6 Å². The van der Waals surface area contributed by atoms with Gasteiger partial charge in [-0.15, -0.1) is 0 Å². The quantitative estimate of drug-likeness (QED) is 0.892. The fourth-order valence-electron chi connectivity index (χ4n) is 1.55. The van der Waals surface area contributed by atoms with Crippen LogP contribution in [0, 0.1) is 0 Å². The fourth-order valence-corrected chi connectivity index (χ4v) is 1.95. The molecule has 0 aliphatic carbocycles. The van der Waals surface area contributed by atoms with Crippen molar-refractivity contribution in [2.24, 2.45) is 0 Å². The van der Waals surface area contributed by atoms with Gasteiger partial charge in [-0.05, 0) is 24.6 Å². The van der Waals surface area contributed by atoms with E-state index in [1.807, 2.05) is 18.2 Å². The van der Waals surface area contributed by atoms with Crippen molar-refractivity contribution in [2.45, 2.75) is 12.5 Å². The maximum atomic E-state index is 11.8. The summed E-state index contributed by atoms with van der Waals surface area (Å²) in [5, 5.41) is 2.94. The molecule has 1 aliphatic rings. The molecule has 1 saturated heterocycles. The predicted octanol–water partition coefficient (Wildman–Crippen LogP) is 1.97. The SMILES string of the molecule is O=C(NC1CCOC1)c1cccc(Br)c1. The first-order chi connectivity index (χ1) is 7.25. The molecule has 2 rings (SSSR count). The topological polar surface area (TPSA) is 38.3 Å². The van der Waals surface area contributed by atoms with Crippen LogP contribution in [-0.2, 0) is 4.74 Å². The Morgan fingerprint density at radius 2 is 2.40 bits per heavy atom. The van der Waals surface area contributed by atoms with Gasteiger partial charge in [-0.25, -0.2) is 0 Å². The molecule has 1 unspecified atom stereocenters. The standard InChI is InChI=1S/C11H12BrNO2/c12-9-3-1-2-8(6-9)11(14)13-10-4-5-15-7-10/h1-3,6,10H,4-5,7H2,(H,13,14). The van der Waals surface area contributed by atoms with E-state index in [0.717, 1.165) is 17.5 Å². The molecule has 1 atom stereocenters. The number of rotatable bonds is 2. The van der Waals surface area contributed by atoms with Crippen molar-refractivity contribution in [1.82, 2.24) is 5.32 Å². The zero-order valence-corrected chi connectivity index (χ0v) is 9.79. The fraction of sp³-hybridized carbons (Fsp3) is 0.364. The molecular formula is C11H12BrNO2. The van der Waals surface area contributed by atoms with Crippen LogP contribution < -0.4 is 5.32 Å². The van der Waals surface area contributed by atoms with Crippen molar-refractivity contribution in [3.05, 3.63) is 34.3 Å². The molecule has 1 N–H and O–H groups in total. The van der Waals surface area contributed by atoms with Crippen LogP contribution in [0.3, 0.4) is 0 Å². The first kappa shape index (κ1) is 10.6. The van der Waals surface area contributed by atoms with Gasteiger partial charge < -0.3 is 10.1 Å². The maximum absolute atomic E-state index is 11.8. The Hall–Kier alpha value is -0.870. The lowest BCUT2D eigenvalue weighted by molar-refractivity contribution is 0.0930. The van der Waals surface area contributed by atoms with Crippen LogP contribution in [0.1, 0.15) is 16.8 Å². The summed E-state index contributed by atoms with van der Waals surface area (Å²) < 4.78 is 6.11. The number of benzene rings is 1. The Morgan fingerprint density at radius 3 is 3.07 bits per heavy atom. The van der Waals surface area contributed by atoms with Crippen molar-refractivity contribution >= 4 is 21.8 Å². The first-order valence-corrected chi connectivity index (χ1v) is 5.69. The second-order valence-corrected chi connectivity index (χ2v) is 4.46. The second-order valence-electron chi connectivity index (χ2n) is 3.54. The highest BCUT2D eigenvalue weighted by atomic mass is 79.9. The van der Waals surface area contributed by atoms with E-state index >= 15 is 0 Å². The summed E-state index contributed by atoms with van der Waals surface area (Å²) in [5.74, 6) is -0.0354. The molecule has 1 amide bonds. The van der Waals surface area contributed by atoms with E-state index in [-0.39, 0.29) is 11.9 Å². The molecular weight excluding hydrogens is 258 g/mol. The summed E-state index contributed by atoms with van der Waals surface area (Å²) in [7, 11) is 0. The van der Waals surface area contributed by atoms with Gasteiger partial charge in [-0.3, -0.25) is 4.79 Å². The molecule has 1 fully saturated rings. The number of hydrogen-bond acceptors (Lipinski definition) is 2. The smallest absolute Gasteiger partial charge is 0.251 e. The Morgan fingerprint density at radius 1 is 1.53 bits per heavy atom. The minimum absolute atomic E-state index is 0.0354. The lowest BCUT2D eigenvalue weighted by Gasteiger charge is -2.10. The summed E-state index contributed by atoms with van der Waals surface area (Å²) in [6.07, 6.45) is 0.903. The van der Waals surface area contributed by atoms with Gasteiger partial charge in [0.15, 0.2) is 0 Å². The summed E-state index contributed by atoms with van der Waals surface area (Å²) in [4.78, 5) is 11.8. The lowest BCUT2D eigenvalue weighted by atomic mass is 10.2. The van der Waals surface area contributed by atoms with Gasteiger partial charge in [0.2, 0.25) is 0 Å². The van der Waals surface area contributed by atoms with Gasteiger partial charge in [-0.1, -0.05) is 22.0 Å². The largest absolute Gasteiger partial charge is 0.379 e. The number of ether oxygens (including phenoxy) is 1. The number of amides is 1.